The van der Waals surface area contributed by atoms with E-state index in [4.69, 9.17) is 11.6 Å². The van der Waals surface area contributed by atoms with Gasteiger partial charge >= 0.3 is 6.18 Å². The van der Waals surface area contributed by atoms with Crippen molar-refractivity contribution in [2.75, 3.05) is 0 Å². The zero-order chi connectivity index (χ0) is 20.3. The van der Waals surface area contributed by atoms with Crippen molar-refractivity contribution >= 4 is 40.7 Å². The Hall–Kier alpha value is -2.52. The number of carbonyl (C=O) groups is 1. The molecule has 1 heterocycles. The van der Waals surface area contributed by atoms with E-state index in [1.165, 1.54) is 24.4 Å². The van der Waals surface area contributed by atoms with Crippen molar-refractivity contribution in [3.8, 4) is 5.75 Å². The van der Waals surface area contributed by atoms with Gasteiger partial charge in [-0.3, -0.25) is 4.79 Å². The third-order valence-electron chi connectivity index (χ3n) is 3.80. The van der Waals surface area contributed by atoms with E-state index in [1.54, 1.807) is 12.1 Å². The number of rotatable bonds is 4. The summed E-state index contributed by atoms with van der Waals surface area (Å²) >= 11 is 7.06. The third kappa shape index (κ3) is 5.05. The quantitative estimate of drug-likeness (QED) is 0.566. The number of amidine groups is 1. The molecule has 0 aliphatic carbocycles. The Labute approximate surface area is 167 Å². The average Bonchev–Trinajstić information content (AvgIpc) is 2.97. The van der Waals surface area contributed by atoms with Gasteiger partial charge in [-0.2, -0.15) is 18.3 Å². The van der Waals surface area contributed by atoms with Crippen molar-refractivity contribution in [1.29, 1.82) is 0 Å². The molecule has 2 aromatic carbocycles. The minimum absolute atomic E-state index is 0.0277. The molecule has 0 aromatic heterocycles. The fraction of sp³-hybridized carbons (Fsp3) is 0.167. The van der Waals surface area contributed by atoms with E-state index in [0.717, 1.165) is 23.9 Å². The van der Waals surface area contributed by atoms with E-state index in [-0.39, 0.29) is 33.8 Å². The van der Waals surface area contributed by atoms with E-state index in [0.29, 0.717) is 5.56 Å². The highest BCUT2D eigenvalue weighted by Gasteiger charge is 2.34. The van der Waals surface area contributed by atoms with Crippen molar-refractivity contribution < 1.29 is 23.1 Å². The predicted octanol–water partition coefficient (Wildman–Crippen LogP) is 4.23. The molecule has 0 unspecified atom stereocenters. The molecule has 10 heteroatoms. The van der Waals surface area contributed by atoms with Crippen molar-refractivity contribution in [3.05, 3.63) is 64.2 Å². The van der Waals surface area contributed by atoms with E-state index < -0.39 is 17.0 Å². The second-order valence-corrected chi connectivity index (χ2v) is 7.44. The molecule has 1 saturated heterocycles. The molecule has 0 bridgehead atoms. The molecule has 5 nitrogen and oxygen atoms in total. The lowest BCUT2D eigenvalue weighted by molar-refractivity contribution is -0.137. The summed E-state index contributed by atoms with van der Waals surface area (Å²) in [4.78, 5) is 12.1. The number of hydrogen-bond donors (Lipinski definition) is 2. The standard InChI is InChI=1S/C18H13ClF3N3O2S/c19-14-6-3-12(18(20,21)22)7-11(14)8-15-16(27)24-17(28-15)25-23-9-10-1-4-13(26)5-2-10/h1-7,9,15,26H,8H2,(H,24,25,27)/b23-9+/t15-/m1/s1. The van der Waals surface area contributed by atoms with Gasteiger partial charge in [0.25, 0.3) is 0 Å². The zero-order valence-electron chi connectivity index (χ0n) is 14.1. The van der Waals surface area contributed by atoms with E-state index in [2.05, 4.69) is 15.5 Å². The number of nitrogens with zero attached hydrogens (tertiary/aromatic N) is 2. The Morgan fingerprint density at radius 1 is 1.21 bits per heavy atom. The highest BCUT2D eigenvalue weighted by Crippen LogP contribution is 2.33. The van der Waals surface area contributed by atoms with Crippen LogP contribution in [-0.2, 0) is 17.4 Å². The molecule has 146 valence electrons. The van der Waals surface area contributed by atoms with Gasteiger partial charge in [0.05, 0.1) is 17.0 Å². The van der Waals surface area contributed by atoms with Crippen molar-refractivity contribution in [2.45, 2.75) is 17.8 Å². The van der Waals surface area contributed by atoms with Gasteiger partial charge in [0.15, 0.2) is 5.17 Å². The number of amides is 1. The summed E-state index contributed by atoms with van der Waals surface area (Å²) in [5, 5.41) is 19.3. The van der Waals surface area contributed by atoms with Crippen LogP contribution in [-0.4, -0.2) is 27.6 Å². The van der Waals surface area contributed by atoms with Gasteiger partial charge in [-0.25, -0.2) is 0 Å². The number of hydrogen-bond acceptors (Lipinski definition) is 5. The molecule has 0 saturated carbocycles. The van der Waals surface area contributed by atoms with E-state index in [1.807, 2.05) is 0 Å². The predicted molar refractivity (Wildman–Crippen MR) is 103 cm³/mol. The van der Waals surface area contributed by atoms with Crippen LogP contribution >= 0.6 is 23.4 Å². The molecule has 0 spiro atoms. The second kappa shape index (κ2) is 8.24. The first kappa shape index (κ1) is 20.2. The summed E-state index contributed by atoms with van der Waals surface area (Å²) in [5.74, 6) is -0.254. The summed E-state index contributed by atoms with van der Waals surface area (Å²) in [7, 11) is 0. The molecule has 3 rings (SSSR count). The minimum atomic E-state index is -4.49. The molecule has 1 aliphatic rings. The topological polar surface area (TPSA) is 74.0 Å². The molecule has 1 aliphatic heterocycles. The largest absolute Gasteiger partial charge is 0.508 e. The second-order valence-electron chi connectivity index (χ2n) is 5.85. The number of halogens is 4. The summed E-state index contributed by atoms with van der Waals surface area (Å²) in [6, 6.07) is 9.29. The van der Waals surface area contributed by atoms with Crippen LogP contribution in [0.3, 0.4) is 0 Å². The number of carbonyl (C=O) groups excluding carboxylic acids is 1. The Morgan fingerprint density at radius 3 is 2.61 bits per heavy atom. The molecule has 1 amide bonds. The fourth-order valence-electron chi connectivity index (χ4n) is 2.40. The summed E-state index contributed by atoms with van der Waals surface area (Å²) in [6.45, 7) is 0. The molecular formula is C18H13ClF3N3O2S. The molecule has 2 N–H and O–H groups in total. The first-order valence-corrected chi connectivity index (χ1v) is 9.21. The lowest BCUT2D eigenvalue weighted by Gasteiger charge is -2.12. The summed E-state index contributed by atoms with van der Waals surface area (Å²) in [6.07, 6.45) is -3.02. The Morgan fingerprint density at radius 2 is 1.93 bits per heavy atom. The van der Waals surface area contributed by atoms with Crippen LogP contribution in [0.25, 0.3) is 0 Å². The van der Waals surface area contributed by atoms with E-state index >= 15 is 0 Å². The zero-order valence-corrected chi connectivity index (χ0v) is 15.6. The SMILES string of the molecule is O=C1N/C(=N/N=C/c2ccc(O)cc2)S[C@@H]1Cc1cc(C(F)(F)F)ccc1Cl. The van der Waals surface area contributed by atoms with Crippen LogP contribution in [0.4, 0.5) is 13.2 Å². The highest BCUT2D eigenvalue weighted by atomic mass is 35.5. The maximum Gasteiger partial charge on any atom is 0.416 e. The third-order valence-corrected chi connectivity index (χ3v) is 5.24. The van der Waals surface area contributed by atoms with Crippen molar-refractivity contribution in [1.82, 2.24) is 5.32 Å². The maximum absolute atomic E-state index is 12.9. The van der Waals surface area contributed by atoms with Gasteiger partial charge in [-0.1, -0.05) is 23.4 Å². The molecule has 1 fully saturated rings. The lowest BCUT2D eigenvalue weighted by Crippen LogP contribution is -2.26. The van der Waals surface area contributed by atoms with Crippen LogP contribution in [0.5, 0.6) is 5.75 Å². The molecule has 2 aromatic rings. The maximum atomic E-state index is 12.9. The number of alkyl halides is 3. The normalized spacial score (nSPS) is 18.8. The number of nitrogens with one attached hydrogen (secondary N) is 1. The summed E-state index contributed by atoms with van der Waals surface area (Å²) < 4.78 is 38.6. The lowest BCUT2D eigenvalue weighted by atomic mass is 10.1. The van der Waals surface area contributed by atoms with Crippen LogP contribution < -0.4 is 5.32 Å². The number of phenols is 1. The highest BCUT2D eigenvalue weighted by molar-refractivity contribution is 8.15. The first-order valence-electron chi connectivity index (χ1n) is 7.95. The molecule has 28 heavy (non-hydrogen) atoms. The van der Waals surface area contributed by atoms with Gasteiger partial charge in [0, 0.05) is 5.02 Å². The number of thioether (sulfide) groups is 1. The first-order chi connectivity index (χ1) is 13.2. The van der Waals surface area contributed by atoms with Gasteiger partial charge in [0.2, 0.25) is 5.91 Å². The summed E-state index contributed by atoms with van der Waals surface area (Å²) in [5.41, 5.74) is 0.115. The number of aromatic hydroxyl groups is 1. The van der Waals surface area contributed by atoms with Gasteiger partial charge in [-0.05, 0) is 60.0 Å². The van der Waals surface area contributed by atoms with Gasteiger partial charge in [-0.15, -0.1) is 5.10 Å². The van der Waals surface area contributed by atoms with Crippen molar-refractivity contribution in [2.24, 2.45) is 10.2 Å². The smallest absolute Gasteiger partial charge is 0.416 e. The minimum Gasteiger partial charge on any atom is -0.508 e. The van der Waals surface area contributed by atoms with Crippen LogP contribution in [0.15, 0.2) is 52.7 Å². The van der Waals surface area contributed by atoms with Crippen LogP contribution in [0.1, 0.15) is 16.7 Å². The molecule has 0 radical (unpaired) electrons. The number of benzene rings is 2. The molecule has 1 atom stereocenters. The fourth-order valence-corrected chi connectivity index (χ4v) is 3.55. The van der Waals surface area contributed by atoms with Gasteiger partial charge < -0.3 is 10.4 Å². The molecular weight excluding hydrogens is 415 g/mol. The van der Waals surface area contributed by atoms with Crippen LogP contribution in [0, 0.1) is 0 Å². The Kier molecular flexibility index (Phi) is 5.95. The monoisotopic (exact) mass is 427 g/mol. The van der Waals surface area contributed by atoms with Crippen molar-refractivity contribution in [3.63, 3.8) is 0 Å². The Bertz CT molecular complexity index is 946. The van der Waals surface area contributed by atoms with E-state index in [9.17, 15) is 23.1 Å². The Balaban J connectivity index is 1.69. The number of phenolic OH excluding ortho intramolecular Hbond substituents is 1. The average molecular weight is 428 g/mol. The van der Waals surface area contributed by atoms with Gasteiger partial charge in [0.1, 0.15) is 5.75 Å². The van der Waals surface area contributed by atoms with Crippen LogP contribution in [0.2, 0.25) is 5.02 Å².